The molecular weight excluding hydrogens is 855 g/mol. The highest BCUT2D eigenvalue weighted by Crippen LogP contribution is 2.45. The van der Waals surface area contributed by atoms with E-state index in [1.807, 2.05) is 57.4 Å². The first-order chi connectivity index (χ1) is 32.1. The predicted molar refractivity (Wildman–Crippen MR) is 253 cm³/mol. The minimum absolute atomic E-state index is 0.0351. The Balaban J connectivity index is 0.968. The van der Waals surface area contributed by atoms with Gasteiger partial charge < -0.3 is 49.3 Å². The molecule has 3 saturated heterocycles. The summed E-state index contributed by atoms with van der Waals surface area (Å²) in [4.78, 5) is 79.0. The molecule has 1 unspecified atom stereocenters. The first kappa shape index (κ1) is 45.7. The molecule has 67 heavy (non-hydrogen) atoms. The van der Waals surface area contributed by atoms with Gasteiger partial charge in [0, 0.05) is 35.9 Å². The van der Waals surface area contributed by atoms with Gasteiger partial charge in [-0.1, -0.05) is 32.0 Å². The number of imidazole rings is 2. The molecule has 354 valence electrons. The van der Waals surface area contributed by atoms with Crippen LogP contribution in [0.5, 0.6) is 5.75 Å². The number of alkyl carbamates (subject to hydrolysis) is 2. The highest BCUT2D eigenvalue weighted by atomic mass is 16.5. The van der Waals surface area contributed by atoms with Crippen LogP contribution in [0.1, 0.15) is 109 Å². The number of amides is 4. The van der Waals surface area contributed by atoms with E-state index >= 15 is 0 Å². The minimum Gasteiger partial charge on any atom is -0.488 e. The van der Waals surface area contributed by atoms with Crippen LogP contribution in [0.4, 0.5) is 9.59 Å². The van der Waals surface area contributed by atoms with Crippen molar-refractivity contribution in [1.82, 2.24) is 40.4 Å². The van der Waals surface area contributed by atoms with Crippen molar-refractivity contribution >= 4 is 52.5 Å². The summed E-state index contributed by atoms with van der Waals surface area (Å²) in [6.45, 7) is 16.0. The molecule has 0 aliphatic carbocycles. The van der Waals surface area contributed by atoms with Gasteiger partial charge in [-0.25, -0.2) is 19.6 Å². The lowest BCUT2D eigenvalue weighted by Crippen LogP contribution is -2.63. The van der Waals surface area contributed by atoms with Crippen molar-refractivity contribution in [2.45, 2.75) is 141 Å². The molecule has 3 fully saturated rings. The monoisotopic (exact) mass is 915 g/mol. The molecule has 4 aliphatic rings. The fourth-order valence-corrected chi connectivity index (χ4v) is 11.2. The van der Waals surface area contributed by atoms with E-state index in [1.165, 1.54) is 14.2 Å². The number of methoxy groups -OCH3 is 2. The van der Waals surface area contributed by atoms with E-state index in [2.05, 4.69) is 68.7 Å². The largest absolute Gasteiger partial charge is 0.488 e. The Morgan fingerprint density at radius 1 is 0.836 bits per heavy atom. The van der Waals surface area contributed by atoms with Crippen LogP contribution in [0.25, 0.3) is 44.2 Å². The standard InChI is InChI=1S/C50H61N9O8/c1-25(2)41(56-48(62)64-8)46(60)58-26(3)11-17-39(58)45-53-36-15-13-30-19-35-33-14-12-31(18-32(33)24-66-40(35)20-34(30)42(36)55-45)37-23-52-44(54-37)38-16-10-27(4)59(38)47(61)43(57-49(63)65-9)50(51-7)21-28(5)67-29(6)22-50/h12-15,18-20,23,25-29,38-39,41,43H,7,10-11,16-17,21-22,24H2,1-6,8-9H3,(H,52,54)(H,53,55)(H,56,62)(H,57,63)/t26-,27-,28-,29+,38-,39-,41-,43+,50?/m0/s1. The Hall–Kier alpha value is -6.49. The number of aromatic amines is 2. The first-order valence-electron chi connectivity index (χ1n) is 23.4. The Bertz CT molecular complexity index is 2740. The molecule has 17 nitrogen and oxygen atoms in total. The number of aromatic nitrogens is 4. The van der Waals surface area contributed by atoms with E-state index in [0.29, 0.717) is 37.5 Å². The Morgan fingerprint density at radius 2 is 1.51 bits per heavy atom. The lowest BCUT2D eigenvalue weighted by molar-refractivity contribution is -0.141. The van der Waals surface area contributed by atoms with Crippen molar-refractivity contribution < 1.29 is 38.1 Å². The van der Waals surface area contributed by atoms with E-state index in [9.17, 15) is 19.2 Å². The molecule has 5 aromatic rings. The van der Waals surface area contributed by atoms with Gasteiger partial charge in [0.1, 0.15) is 36.1 Å². The van der Waals surface area contributed by atoms with Crippen molar-refractivity contribution in [3.63, 3.8) is 0 Å². The number of hydrogen-bond acceptors (Lipinski definition) is 11. The fraction of sp³-hybridized carbons (Fsp3) is 0.500. The summed E-state index contributed by atoms with van der Waals surface area (Å²) in [6.07, 6.45) is 3.90. The Labute approximate surface area is 389 Å². The number of H-pyrrole nitrogens is 2. The summed E-state index contributed by atoms with van der Waals surface area (Å²) >= 11 is 0. The number of hydrogen-bond donors (Lipinski definition) is 4. The van der Waals surface area contributed by atoms with Crippen LogP contribution in [0, 0.1) is 5.92 Å². The molecular formula is C50H61N9O8. The number of fused-ring (bicyclic) bond motifs is 6. The summed E-state index contributed by atoms with van der Waals surface area (Å²) in [7, 11) is 2.57. The van der Waals surface area contributed by atoms with Crippen LogP contribution in [-0.4, -0.2) is 117 Å². The van der Waals surface area contributed by atoms with Crippen molar-refractivity contribution in [2.75, 3.05) is 14.2 Å². The average Bonchev–Trinajstić information content (AvgIpc) is 4.14. The molecule has 2 aromatic heterocycles. The fourth-order valence-electron chi connectivity index (χ4n) is 11.2. The van der Waals surface area contributed by atoms with E-state index in [-0.39, 0.29) is 54.1 Å². The van der Waals surface area contributed by atoms with Crippen LogP contribution in [-0.2, 0) is 30.4 Å². The normalized spacial score (nSPS) is 25.6. The maximum absolute atomic E-state index is 14.8. The number of aliphatic imine (C=N–C) groups is 1. The Morgan fingerprint density at radius 3 is 2.18 bits per heavy atom. The summed E-state index contributed by atoms with van der Waals surface area (Å²) in [5, 5.41) is 7.52. The molecule has 0 radical (unpaired) electrons. The van der Waals surface area contributed by atoms with E-state index < -0.39 is 29.8 Å². The quantitative estimate of drug-likeness (QED) is 0.0997. The highest BCUT2D eigenvalue weighted by molar-refractivity contribution is 6.07. The molecule has 0 spiro atoms. The zero-order valence-corrected chi connectivity index (χ0v) is 39.5. The molecule has 9 rings (SSSR count). The summed E-state index contributed by atoms with van der Waals surface area (Å²) in [5.74, 6) is 1.57. The average molecular weight is 916 g/mol. The van der Waals surface area contributed by atoms with Crippen molar-refractivity contribution in [1.29, 1.82) is 0 Å². The number of carbonyl (C=O) groups is 4. The minimum atomic E-state index is -1.02. The van der Waals surface area contributed by atoms with Crippen LogP contribution >= 0.6 is 0 Å². The van der Waals surface area contributed by atoms with Gasteiger partial charge in [0.2, 0.25) is 11.8 Å². The zero-order chi connectivity index (χ0) is 47.5. The lowest BCUT2D eigenvalue weighted by Gasteiger charge is -2.45. The van der Waals surface area contributed by atoms with Gasteiger partial charge >= 0.3 is 12.2 Å². The maximum Gasteiger partial charge on any atom is 0.407 e. The predicted octanol–water partition coefficient (Wildman–Crippen LogP) is 7.90. The highest BCUT2D eigenvalue weighted by Gasteiger charge is 2.52. The second-order valence-corrected chi connectivity index (χ2v) is 19.2. The number of rotatable bonds is 10. The van der Waals surface area contributed by atoms with Gasteiger partial charge in [-0.15, -0.1) is 0 Å². The lowest BCUT2D eigenvalue weighted by atomic mass is 9.77. The molecule has 17 heteroatoms. The summed E-state index contributed by atoms with van der Waals surface area (Å²) in [5.41, 5.74) is 5.48. The summed E-state index contributed by atoms with van der Waals surface area (Å²) in [6, 6.07) is 12.1. The third-order valence-electron chi connectivity index (χ3n) is 14.4. The maximum atomic E-state index is 14.8. The molecule has 4 aliphatic heterocycles. The van der Waals surface area contributed by atoms with Crippen LogP contribution in [0.3, 0.4) is 0 Å². The third-order valence-corrected chi connectivity index (χ3v) is 14.4. The molecule has 0 bridgehead atoms. The second kappa shape index (κ2) is 18.0. The van der Waals surface area contributed by atoms with E-state index in [4.69, 9.17) is 28.9 Å². The smallest absolute Gasteiger partial charge is 0.407 e. The molecule has 3 aromatic carbocycles. The molecule has 4 amide bonds. The summed E-state index contributed by atoms with van der Waals surface area (Å²) < 4.78 is 22.3. The number of carbonyl (C=O) groups excluding carboxylic acids is 4. The SMILES string of the molecule is C=NC1([C@H](NC(=O)OC)C(=O)N2[C@@H](C)CC[C@H]2c2ncc(-c3ccc4c(c3)COc3cc5c(ccc6[nH]c([C@@H]7CC[C@H](C)N7C(=O)[C@@H](NC(=O)OC)C(C)C)nc65)cc3-4)[nH]2)C[C@@H](C)O[C@@H](C)C1. The van der Waals surface area contributed by atoms with Crippen molar-refractivity contribution in [2.24, 2.45) is 10.9 Å². The van der Waals surface area contributed by atoms with Gasteiger partial charge in [-0.3, -0.25) is 14.6 Å². The molecule has 9 atom stereocenters. The number of likely N-dealkylation sites (tertiary alicyclic amines) is 2. The van der Waals surface area contributed by atoms with Gasteiger partial charge in [-0.05, 0) is 112 Å². The van der Waals surface area contributed by atoms with Gasteiger partial charge in [0.05, 0.1) is 67.0 Å². The first-order valence-corrected chi connectivity index (χ1v) is 23.4. The zero-order valence-electron chi connectivity index (χ0n) is 39.5. The number of benzene rings is 3. The van der Waals surface area contributed by atoms with Gasteiger partial charge in [0.25, 0.3) is 0 Å². The number of nitrogens with zero attached hydrogens (tertiary/aromatic N) is 5. The molecule has 6 heterocycles. The molecule has 0 saturated carbocycles. The van der Waals surface area contributed by atoms with Crippen LogP contribution in [0.2, 0.25) is 0 Å². The van der Waals surface area contributed by atoms with Crippen molar-refractivity contribution in [3.05, 3.63) is 65.9 Å². The Kier molecular flexibility index (Phi) is 12.2. The van der Waals surface area contributed by atoms with Crippen molar-refractivity contribution in [3.8, 4) is 28.1 Å². The van der Waals surface area contributed by atoms with E-state index in [1.54, 1.807) is 6.20 Å². The molecule has 4 N–H and O–H groups in total. The van der Waals surface area contributed by atoms with E-state index in [0.717, 1.165) is 74.8 Å². The van der Waals surface area contributed by atoms with Crippen LogP contribution < -0.4 is 15.4 Å². The van der Waals surface area contributed by atoms with Crippen LogP contribution in [0.15, 0.2) is 53.7 Å². The topological polar surface area (TPSA) is 205 Å². The number of ether oxygens (including phenoxy) is 4. The second-order valence-electron chi connectivity index (χ2n) is 19.2. The third kappa shape index (κ3) is 8.24. The van der Waals surface area contributed by atoms with Gasteiger partial charge in [-0.2, -0.15) is 0 Å². The van der Waals surface area contributed by atoms with Gasteiger partial charge in [0.15, 0.2) is 0 Å². The number of nitrogens with one attached hydrogen (secondary N) is 4.